The number of fused-ring (bicyclic) bond motifs is 4. The van der Waals surface area contributed by atoms with Crippen molar-refractivity contribution < 1.29 is 19.0 Å². The number of aliphatic hydroxyl groups excluding tert-OH is 1. The molecule has 3 aromatic rings. The van der Waals surface area contributed by atoms with Gasteiger partial charge < -0.3 is 25.0 Å². The minimum absolute atomic E-state index is 0.0449. The number of likely N-dealkylation sites (tertiary alicyclic amines) is 1. The van der Waals surface area contributed by atoms with Gasteiger partial charge in [-0.15, -0.1) is 0 Å². The Morgan fingerprint density at radius 2 is 2.09 bits per heavy atom. The van der Waals surface area contributed by atoms with Crippen LogP contribution in [0.2, 0.25) is 0 Å². The molecule has 8 heteroatoms. The first-order valence-electron chi connectivity index (χ1n) is 11.8. The topological polar surface area (TPSA) is 80.8 Å². The highest BCUT2D eigenvalue weighted by Gasteiger charge is 2.54. The number of H-pyrrole nitrogens is 1. The van der Waals surface area contributed by atoms with Crippen LogP contribution >= 0.6 is 0 Å². The molecular weight excluding hydrogens is 435 g/mol. The van der Waals surface area contributed by atoms with Crippen LogP contribution in [0.3, 0.4) is 0 Å². The lowest BCUT2D eigenvalue weighted by atomic mass is 9.68. The van der Waals surface area contributed by atoms with Crippen LogP contribution in [-0.2, 0) is 12.0 Å². The number of ether oxygens (including phenoxy) is 1. The van der Waals surface area contributed by atoms with Crippen LogP contribution < -0.4 is 10.1 Å². The molecule has 180 valence electrons. The zero-order valence-corrected chi connectivity index (χ0v) is 19.6. The Balaban J connectivity index is 1.55. The summed E-state index contributed by atoms with van der Waals surface area (Å²) in [6, 6.07) is 12.3. The predicted octanol–water partition coefficient (Wildman–Crippen LogP) is 3.54. The maximum absolute atomic E-state index is 13.9. The van der Waals surface area contributed by atoms with Crippen LogP contribution in [-0.4, -0.2) is 65.8 Å². The highest BCUT2D eigenvalue weighted by atomic mass is 19.1. The summed E-state index contributed by atoms with van der Waals surface area (Å²) in [5.41, 5.74) is 3.65. The number of hydrogen-bond donors (Lipinski definition) is 3. The minimum Gasteiger partial charge on any atom is -0.497 e. The van der Waals surface area contributed by atoms with E-state index >= 15 is 0 Å². The highest BCUT2D eigenvalue weighted by Crippen LogP contribution is 2.48. The summed E-state index contributed by atoms with van der Waals surface area (Å²) in [6.07, 6.45) is 0.888. The molecule has 1 saturated heterocycles. The summed E-state index contributed by atoms with van der Waals surface area (Å²) in [7, 11) is 1.64. The number of aromatic nitrogens is 1. The summed E-state index contributed by atoms with van der Waals surface area (Å²) >= 11 is 0. The summed E-state index contributed by atoms with van der Waals surface area (Å²) in [4.78, 5) is 20.2. The molecule has 1 aromatic heterocycles. The molecule has 3 heterocycles. The first kappa shape index (κ1) is 22.7. The molecule has 34 heavy (non-hydrogen) atoms. The van der Waals surface area contributed by atoms with Crippen molar-refractivity contribution in [2.75, 3.05) is 39.9 Å². The third-order valence-corrected chi connectivity index (χ3v) is 7.09. The predicted molar refractivity (Wildman–Crippen MR) is 128 cm³/mol. The Morgan fingerprint density at radius 1 is 1.26 bits per heavy atom. The largest absolute Gasteiger partial charge is 0.497 e. The van der Waals surface area contributed by atoms with Gasteiger partial charge in [-0.2, -0.15) is 0 Å². The van der Waals surface area contributed by atoms with Gasteiger partial charge in [-0.05, 0) is 41.8 Å². The monoisotopic (exact) mass is 466 g/mol. The number of nitrogens with one attached hydrogen (secondary N) is 2. The lowest BCUT2D eigenvalue weighted by molar-refractivity contribution is 0.00986. The average molecular weight is 467 g/mol. The van der Waals surface area contributed by atoms with Gasteiger partial charge in [-0.25, -0.2) is 9.18 Å². The molecule has 1 spiro atoms. The SMILES string of the molecule is CCCNC(=O)N1CC2(C1)CN(Cc1cccc(F)c1)[C@H](CO)c1[nH]c3cc(OC)ccc3c12. The summed E-state index contributed by atoms with van der Waals surface area (Å²) < 4.78 is 19.3. The van der Waals surface area contributed by atoms with Crippen molar-refractivity contribution in [3.63, 3.8) is 0 Å². The number of halogens is 1. The normalized spacial score (nSPS) is 19.2. The van der Waals surface area contributed by atoms with Gasteiger partial charge in [0.1, 0.15) is 11.6 Å². The first-order valence-corrected chi connectivity index (χ1v) is 11.8. The fraction of sp³-hybridized carbons (Fsp3) is 0.423. The van der Waals surface area contributed by atoms with E-state index in [0.29, 0.717) is 32.7 Å². The molecule has 2 amide bonds. The third kappa shape index (κ3) is 3.80. The third-order valence-electron chi connectivity index (χ3n) is 7.09. The second kappa shape index (κ2) is 8.92. The van der Waals surface area contributed by atoms with E-state index in [2.05, 4.69) is 21.3 Å². The molecule has 0 radical (unpaired) electrons. The molecule has 2 aliphatic heterocycles. The lowest BCUT2D eigenvalue weighted by Crippen LogP contribution is -2.68. The summed E-state index contributed by atoms with van der Waals surface area (Å²) in [6.45, 7) is 4.97. The van der Waals surface area contributed by atoms with E-state index in [1.165, 1.54) is 17.7 Å². The Bertz CT molecular complexity index is 1200. The standard InChI is InChI=1S/C26H31FN4O3/c1-3-9-28-25(33)31-15-26(16-31)14-30(12-17-5-4-6-18(27)10-17)22(13-32)24-23(26)20-8-7-19(34-2)11-21(20)29-24/h4-8,10-11,22,29,32H,3,9,12-16H2,1-2H3,(H,28,33)/t22-/m1/s1. The summed E-state index contributed by atoms with van der Waals surface area (Å²) in [5.74, 6) is 0.483. The number of urea groups is 1. The van der Waals surface area contributed by atoms with Crippen molar-refractivity contribution >= 4 is 16.9 Å². The molecule has 0 unspecified atom stereocenters. The van der Waals surface area contributed by atoms with E-state index in [4.69, 9.17) is 4.74 Å². The number of nitrogens with zero attached hydrogens (tertiary/aromatic N) is 2. The molecule has 0 saturated carbocycles. The number of rotatable bonds is 6. The van der Waals surface area contributed by atoms with Crippen molar-refractivity contribution in [3.05, 3.63) is 65.1 Å². The first-order chi connectivity index (χ1) is 16.5. The van der Waals surface area contributed by atoms with E-state index in [0.717, 1.165) is 34.3 Å². The fourth-order valence-electron chi connectivity index (χ4n) is 5.58. The minimum atomic E-state index is -0.273. The number of aromatic amines is 1. The Hall–Kier alpha value is -3.10. The maximum atomic E-state index is 13.9. The van der Waals surface area contributed by atoms with Crippen LogP contribution in [0.4, 0.5) is 9.18 Å². The zero-order chi connectivity index (χ0) is 23.9. The average Bonchev–Trinajstić information content (AvgIpc) is 3.19. The number of hydrogen-bond acceptors (Lipinski definition) is 4. The van der Waals surface area contributed by atoms with Gasteiger partial charge in [0.15, 0.2) is 0 Å². The van der Waals surface area contributed by atoms with E-state index in [1.54, 1.807) is 13.2 Å². The molecule has 2 aromatic carbocycles. The molecule has 0 aliphatic carbocycles. The Kier molecular flexibility index (Phi) is 5.95. The second-order valence-corrected chi connectivity index (χ2v) is 9.43. The van der Waals surface area contributed by atoms with Crippen molar-refractivity contribution in [2.45, 2.75) is 31.3 Å². The van der Waals surface area contributed by atoms with E-state index in [-0.39, 0.29) is 29.9 Å². The van der Waals surface area contributed by atoms with Crippen LogP contribution in [0.25, 0.3) is 10.9 Å². The van der Waals surface area contributed by atoms with E-state index < -0.39 is 0 Å². The van der Waals surface area contributed by atoms with Gasteiger partial charge in [-0.1, -0.05) is 19.1 Å². The van der Waals surface area contributed by atoms with Gasteiger partial charge in [0.2, 0.25) is 0 Å². The Labute approximate surface area is 198 Å². The smallest absolute Gasteiger partial charge is 0.317 e. The Morgan fingerprint density at radius 3 is 2.79 bits per heavy atom. The number of aliphatic hydroxyl groups is 1. The molecule has 2 aliphatic rings. The number of amides is 2. The van der Waals surface area contributed by atoms with Gasteiger partial charge in [-0.3, -0.25) is 4.90 Å². The van der Waals surface area contributed by atoms with Gasteiger partial charge in [0, 0.05) is 60.8 Å². The van der Waals surface area contributed by atoms with Gasteiger partial charge in [0.05, 0.1) is 19.8 Å². The van der Waals surface area contributed by atoms with Crippen molar-refractivity contribution in [1.82, 2.24) is 20.1 Å². The molecule has 1 fully saturated rings. The van der Waals surface area contributed by atoms with Gasteiger partial charge in [0.25, 0.3) is 0 Å². The lowest BCUT2D eigenvalue weighted by Gasteiger charge is -2.56. The van der Waals surface area contributed by atoms with Gasteiger partial charge >= 0.3 is 6.03 Å². The van der Waals surface area contributed by atoms with Crippen LogP contribution in [0.15, 0.2) is 42.5 Å². The molecule has 7 nitrogen and oxygen atoms in total. The second-order valence-electron chi connectivity index (χ2n) is 9.43. The van der Waals surface area contributed by atoms with E-state index in [1.807, 2.05) is 30.0 Å². The molecular formula is C26H31FN4O3. The van der Waals surface area contributed by atoms with E-state index in [9.17, 15) is 14.3 Å². The summed E-state index contributed by atoms with van der Waals surface area (Å²) in [5, 5.41) is 14.5. The zero-order valence-electron chi connectivity index (χ0n) is 19.6. The van der Waals surface area contributed by atoms with Crippen LogP contribution in [0.1, 0.15) is 36.2 Å². The molecule has 1 atom stereocenters. The molecule has 3 N–H and O–H groups in total. The molecule has 0 bridgehead atoms. The maximum Gasteiger partial charge on any atom is 0.317 e. The van der Waals surface area contributed by atoms with Crippen LogP contribution in [0.5, 0.6) is 5.75 Å². The quantitative estimate of drug-likeness (QED) is 0.519. The van der Waals surface area contributed by atoms with Crippen molar-refractivity contribution in [1.29, 1.82) is 0 Å². The number of methoxy groups -OCH3 is 1. The van der Waals surface area contributed by atoms with Crippen LogP contribution in [0, 0.1) is 5.82 Å². The highest BCUT2D eigenvalue weighted by molar-refractivity contribution is 5.88. The number of benzene rings is 2. The number of carbonyl (C=O) groups is 1. The van der Waals surface area contributed by atoms with Crippen molar-refractivity contribution in [2.24, 2.45) is 0 Å². The molecule has 5 rings (SSSR count). The number of carbonyl (C=O) groups excluding carboxylic acids is 1. The van der Waals surface area contributed by atoms with Crippen molar-refractivity contribution in [3.8, 4) is 5.75 Å². The fourth-order valence-corrected chi connectivity index (χ4v) is 5.58.